The quantitative estimate of drug-likeness (QED) is 0.794. The number of nitrogens with one attached hydrogen (secondary N) is 1. The lowest BCUT2D eigenvalue weighted by molar-refractivity contribution is 0.371. The van der Waals surface area contributed by atoms with Gasteiger partial charge in [-0.05, 0) is 50.2 Å². The molecule has 1 aromatic heterocycles. The zero-order chi connectivity index (χ0) is 9.54. The largest absolute Gasteiger partial charge is 0.468 e. The van der Waals surface area contributed by atoms with Crippen LogP contribution in [0.25, 0.3) is 0 Å². The summed E-state index contributed by atoms with van der Waals surface area (Å²) in [6.07, 6.45) is 6.01. The first-order valence-electron chi connectivity index (χ1n) is 5.64. The van der Waals surface area contributed by atoms with E-state index in [1.54, 1.807) is 6.26 Å². The highest BCUT2D eigenvalue weighted by Gasteiger charge is 2.48. The Balaban J connectivity index is 1.61. The Morgan fingerprint density at radius 1 is 1.50 bits per heavy atom. The molecule has 0 saturated heterocycles. The smallest absolute Gasteiger partial charge is 0.120 e. The molecule has 2 saturated carbocycles. The molecule has 0 amide bonds. The molecule has 2 fully saturated rings. The van der Waals surface area contributed by atoms with E-state index in [4.69, 9.17) is 4.42 Å². The minimum Gasteiger partial charge on any atom is -0.468 e. The Hall–Kier alpha value is -0.760. The highest BCUT2D eigenvalue weighted by atomic mass is 16.3. The maximum Gasteiger partial charge on any atom is 0.120 e. The molecule has 1 heterocycles. The van der Waals surface area contributed by atoms with Crippen LogP contribution < -0.4 is 5.32 Å². The molecule has 1 N–H and O–H groups in total. The molecule has 4 unspecified atom stereocenters. The van der Waals surface area contributed by atoms with Crippen molar-refractivity contribution in [2.24, 2.45) is 11.8 Å². The summed E-state index contributed by atoms with van der Waals surface area (Å²) in [4.78, 5) is 0. The molecule has 2 aliphatic rings. The van der Waals surface area contributed by atoms with Gasteiger partial charge in [0, 0.05) is 6.04 Å². The van der Waals surface area contributed by atoms with Gasteiger partial charge >= 0.3 is 0 Å². The van der Waals surface area contributed by atoms with Crippen LogP contribution in [0, 0.1) is 11.8 Å². The summed E-state index contributed by atoms with van der Waals surface area (Å²) in [5.41, 5.74) is 0. The van der Waals surface area contributed by atoms with E-state index in [-0.39, 0.29) is 0 Å². The highest BCUT2D eigenvalue weighted by Crippen LogP contribution is 2.52. The van der Waals surface area contributed by atoms with Gasteiger partial charge in [-0.2, -0.15) is 0 Å². The minimum absolute atomic E-state index is 0.370. The zero-order valence-corrected chi connectivity index (χ0v) is 8.57. The molecule has 0 radical (unpaired) electrons. The minimum atomic E-state index is 0.370. The molecule has 2 aliphatic carbocycles. The summed E-state index contributed by atoms with van der Waals surface area (Å²) in [5.74, 6) is 3.10. The first-order valence-corrected chi connectivity index (χ1v) is 5.64. The fourth-order valence-corrected chi connectivity index (χ4v) is 2.85. The Kier molecular flexibility index (Phi) is 1.91. The Labute approximate surface area is 84.7 Å². The zero-order valence-electron chi connectivity index (χ0n) is 8.57. The van der Waals surface area contributed by atoms with E-state index in [0.29, 0.717) is 6.04 Å². The van der Waals surface area contributed by atoms with Gasteiger partial charge in [0.15, 0.2) is 0 Å². The lowest BCUT2D eigenvalue weighted by Gasteiger charge is -2.18. The van der Waals surface area contributed by atoms with Crippen LogP contribution in [0.4, 0.5) is 0 Å². The van der Waals surface area contributed by atoms with Crippen LogP contribution in [-0.2, 0) is 0 Å². The van der Waals surface area contributed by atoms with Crippen molar-refractivity contribution in [1.29, 1.82) is 0 Å². The molecule has 2 heteroatoms. The molecule has 0 bridgehead atoms. The molecule has 2 nitrogen and oxygen atoms in total. The fraction of sp³-hybridized carbons (Fsp3) is 0.667. The van der Waals surface area contributed by atoms with E-state index >= 15 is 0 Å². The first-order chi connectivity index (χ1) is 6.84. The second kappa shape index (κ2) is 3.13. The monoisotopic (exact) mass is 191 g/mol. The van der Waals surface area contributed by atoms with Gasteiger partial charge < -0.3 is 9.73 Å². The summed E-state index contributed by atoms with van der Waals surface area (Å²) in [5, 5.41) is 3.68. The standard InChI is InChI=1S/C12H17NO/c1-8(12-3-2-6-14-12)13-11-5-4-9-7-10(9)11/h2-3,6,8-11,13H,4-5,7H2,1H3. The summed E-state index contributed by atoms with van der Waals surface area (Å²) in [7, 11) is 0. The van der Waals surface area contributed by atoms with Crippen LogP contribution in [0.3, 0.4) is 0 Å². The van der Waals surface area contributed by atoms with Crippen LogP contribution in [0.2, 0.25) is 0 Å². The van der Waals surface area contributed by atoms with E-state index in [0.717, 1.165) is 23.6 Å². The molecule has 0 aromatic carbocycles. The van der Waals surface area contributed by atoms with E-state index in [2.05, 4.69) is 18.3 Å². The van der Waals surface area contributed by atoms with E-state index in [1.165, 1.54) is 19.3 Å². The average Bonchev–Trinajstić information content (AvgIpc) is 2.66. The van der Waals surface area contributed by atoms with Gasteiger partial charge in [-0.1, -0.05) is 0 Å². The molecule has 4 atom stereocenters. The van der Waals surface area contributed by atoms with Crippen LogP contribution in [0.1, 0.15) is 38.0 Å². The predicted octanol–water partition coefficient (Wildman–Crippen LogP) is 2.73. The van der Waals surface area contributed by atoms with Crippen LogP contribution >= 0.6 is 0 Å². The van der Waals surface area contributed by atoms with Gasteiger partial charge in [0.05, 0.1) is 12.3 Å². The lowest BCUT2D eigenvalue weighted by atomic mass is 10.1. The topological polar surface area (TPSA) is 25.2 Å². The van der Waals surface area contributed by atoms with E-state index in [1.807, 2.05) is 6.07 Å². The normalized spacial score (nSPS) is 36.8. The Morgan fingerprint density at radius 3 is 3.00 bits per heavy atom. The Morgan fingerprint density at radius 2 is 2.43 bits per heavy atom. The van der Waals surface area contributed by atoms with Crippen molar-refractivity contribution in [2.75, 3.05) is 0 Å². The summed E-state index contributed by atoms with van der Waals surface area (Å²) in [6.45, 7) is 2.19. The maximum absolute atomic E-state index is 5.39. The molecular formula is C12H17NO. The third kappa shape index (κ3) is 1.38. The van der Waals surface area contributed by atoms with Gasteiger partial charge in [-0.15, -0.1) is 0 Å². The van der Waals surface area contributed by atoms with Crippen molar-refractivity contribution < 1.29 is 4.42 Å². The maximum atomic E-state index is 5.39. The average molecular weight is 191 g/mol. The van der Waals surface area contributed by atoms with Gasteiger partial charge in [0.25, 0.3) is 0 Å². The molecule has 76 valence electrons. The van der Waals surface area contributed by atoms with Gasteiger partial charge in [-0.25, -0.2) is 0 Å². The highest BCUT2D eigenvalue weighted by molar-refractivity contribution is 5.07. The predicted molar refractivity (Wildman–Crippen MR) is 54.9 cm³/mol. The van der Waals surface area contributed by atoms with Crippen LogP contribution in [0.15, 0.2) is 22.8 Å². The van der Waals surface area contributed by atoms with Gasteiger partial charge in [-0.3, -0.25) is 0 Å². The molecular weight excluding hydrogens is 174 g/mol. The van der Waals surface area contributed by atoms with Crippen molar-refractivity contribution in [3.63, 3.8) is 0 Å². The fourth-order valence-electron chi connectivity index (χ4n) is 2.85. The third-order valence-electron chi connectivity index (χ3n) is 3.78. The molecule has 0 aliphatic heterocycles. The van der Waals surface area contributed by atoms with Gasteiger partial charge in [0.2, 0.25) is 0 Å². The second-order valence-electron chi connectivity index (χ2n) is 4.75. The summed E-state index contributed by atoms with van der Waals surface area (Å²) in [6, 6.07) is 5.13. The molecule has 3 rings (SSSR count). The molecule has 14 heavy (non-hydrogen) atoms. The lowest BCUT2D eigenvalue weighted by Crippen LogP contribution is -2.31. The SMILES string of the molecule is CC(NC1CCC2CC21)c1ccco1. The summed E-state index contributed by atoms with van der Waals surface area (Å²) >= 11 is 0. The van der Waals surface area contributed by atoms with Crippen molar-refractivity contribution in [2.45, 2.75) is 38.3 Å². The first kappa shape index (κ1) is 8.54. The van der Waals surface area contributed by atoms with Crippen molar-refractivity contribution in [1.82, 2.24) is 5.32 Å². The third-order valence-corrected chi connectivity index (χ3v) is 3.78. The number of hydrogen-bond acceptors (Lipinski definition) is 2. The van der Waals surface area contributed by atoms with Crippen molar-refractivity contribution in [3.8, 4) is 0 Å². The number of rotatable bonds is 3. The number of hydrogen-bond donors (Lipinski definition) is 1. The van der Waals surface area contributed by atoms with E-state index in [9.17, 15) is 0 Å². The van der Waals surface area contributed by atoms with Crippen LogP contribution in [0.5, 0.6) is 0 Å². The van der Waals surface area contributed by atoms with Crippen molar-refractivity contribution in [3.05, 3.63) is 24.2 Å². The number of furan rings is 1. The van der Waals surface area contributed by atoms with Gasteiger partial charge in [0.1, 0.15) is 5.76 Å². The van der Waals surface area contributed by atoms with Crippen LogP contribution in [-0.4, -0.2) is 6.04 Å². The molecule has 1 aromatic rings. The van der Waals surface area contributed by atoms with E-state index < -0.39 is 0 Å². The number of fused-ring (bicyclic) bond motifs is 1. The second-order valence-corrected chi connectivity index (χ2v) is 4.75. The molecule has 0 spiro atoms. The summed E-state index contributed by atoms with van der Waals surface area (Å²) < 4.78 is 5.39. The van der Waals surface area contributed by atoms with Crippen molar-refractivity contribution >= 4 is 0 Å². The Bertz CT molecular complexity index is 306.